The third kappa shape index (κ3) is 3.33. The van der Waals surface area contributed by atoms with Gasteiger partial charge in [-0.25, -0.2) is 0 Å². The normalized spacial score (nSPS) is 27.6. The molecule has 0 aromatic heterocycles. The van der Waals surface area contributed by atoms with E-state index in [9.17, 15) is 0 Å². The lowest BCUT2D eigenvalue weighted by molar-refractivity contribution is 0.204. The van der Waals surface area contributed by atoms with Gasteiger partial charge in [0.05, 0.1) is 12.5 Å². The number of hydrogen-bond donors (Lipinski definition) is 1. The summed E-state index contributed by atoms with van der Waals surface area (Å²) < 4.78 is 0. The first-order valence-electron chi connectivity index (χ1n) is 5.05. The summed E-state index contributed by atoms with van der Waals surface area (Å²) in [6.07, 6.45) is 0.646. The molecule has 1 aliphatic rings. The summed E-state index contributed by atoms with van der Waals surface area (Å²) in [5.74, 6) is 0.698. The fraction of sp³-hybridized carbons (Fsp3) is 0.900. The highest BCUT2D eigenvalue weighted by Crippen LogP contribution is 2.08. The first-order valence-corrected chi connectivity index (χ1v) is 5.05. The van der Waals surface area contributed by atoms with Gasteiger partial charge in [-0.1, -0.05) is 6.92 Å². The number of nitrogens with zero attached hydrogens (tertiary/aromatic N) is 2. The molecule has 3 heteroatoms. The van der Waals surface area contributed by atoms with E-state index < -0.39 is 0 Å². The van der Waals surface area contributed by atoms with Crippen molar-refractivity contribution >= 4 is 0 Å². The zero-order chi connectivity index (χ0) is 9.68. The Balaban J connectivity index is 2.43. The van der Waals surface area contributed by atoms with Crippen molar-refractivity contribution < 1.29 is 0 Å². The second-order valence-corrected chi connectivity index (χ2v) is 4.02. The minimum atomic E-state index is 0.410. The third-order valence-electron chi connectivity index (χ3n) is 2.62. The molecule has 0 saturated carbocycles. The van der Waals surface area contributed by atoms with Gasteiger partial charge in [-0.15, -0.1) is 0 Å². The van der Waals surface area contributed by atoms with Crippen LogP contribution in [0.25, 0.3) is 0 Å². The Morgan fingerprint density at radius 3 is 3.15 bits per heavy atom. The Labute approximate surface area is 80.7 Å². The molecule has 3 nitrogen and oxygen atoms in total. The van der Waals surface area contributed by atoms with Gasteiger partial charge in [0.1, 0.15) is 0 Å². The molecule has 74 valence electrons. The van der Waals surface area contributed by atoms with E-state index in [4.69, 9.17) is 5.26 Å². The molecule has 0 amide bonds. The Kier molecular flexibility index (Phi) is 4.20. The van der Waals surface area contributed by atoms with Crippen LogP contribution >= 0.6 is 0 Å². The molecule has 13 heavy (non-hydrogen) atoms. The summed E-state index contributed by atoms with van der Waals surface area (Å²) >= 11 is 0. The van der Waals surface area contributed by atoms with Gasteiger partial charge < -0.3 is 5.32 Å². The predicted molar refractivity (Wildman–Crippen MR) is 53.3 cm³/mol. The molecule has 1 heterocycles. The van der Waals surface area contributed by atoms with Crippen molar-refractivity contribution in [3.8, 4) is 6.07 Å². The number of nitriles is 1. The Bertz CT molecular complexity index is 185. The van der Waals surface area contributed by atoms with Crippen LogP contribution in [0.1, 0.15) is 20.3 Å². The van der Waals surface area contributed by atoms with Crippen molar-refractivity contribution in [3.63, 3.8) is 0 Å². The van der Waals surface area contributed by atoms with Gasteiger partial charge in [0, 0.05) is 25.7 Å². The fourth-order valence-corrected chi connectivity index (χ4v) is 1.79. The molecule has 1 aliphatic heterocycles. The van der Waals surface area contributed by atoms with Gasteiger partial charge in [0.25, 0.3) is 0 Å². The quantitative estimate of drug-likeness (QED) is 0.686. The van der Waals surface area contributed by atoms with Crippen LogP contribution in [0.3, 0.4) is 0 Å². The maximum absolute atomic E-state index is 8.61. The number of rotatable bonds is 2. The molecule has 0 radical (unpaired) electrons. The molecule has 0 bridgehead atoms. The zero-order valence-corrected chi connectivity index (χ0v) is 8.58. The predicted octanol–water partition coefficient (Wildman–Crippen LogP) is 0.830. The maximum Gasteiger partial charge on any atom is 0.0638 e. The van der Waals surface area contributed by atoms with Crippen molar-refractivity contribution in [2.24, 2.45) is 5.92 Å². The van der Waals surface area contributed by atoms with E-state index in [2.05, 4.69) is 30.1 Å². The van der Waals surface area contributed by atoms with E-state index in [0.29, 0.717) is 18.4 Å². The molecular formula is C10H19N3. The second kappa shape index (κ2) is 5.21. The first kappa shape index (κ1) is 10.5. The minimum Gasteiger partial charge on any atom is -0.315 e. The number of nitrogens with one attached hydrogen (secondary N) is 1. The van der Waals surface area contributed by atoms with Crippen LogP contribution in [0, 0.1) is 17.2 Å². The molecular weight excluding hydrogens is 162 g/mol. The van der Waals surface area contributed by atoms with Gasteiger partial charge in [-0.2, -0.15) is 5.26 Å². The van der Waals surface area contributed by atoms with Crippen molar-refractivity contribution in [3.05, 3.63) is 0 Å². The maximum atomic E-state index is 8.61. The van der Waals surface area contributed by atoms with Crippen LogP contribution in [0.2, 0.25) is 0 Å². The molecule has 2 atom stereocenters. The molecule has 1 saturated heterocycles. The van der Waals surface area contributed by atoms with Crippen LogP contribution in [-0.4, -0.2) is 37.1 Å². The molecule has 0 aromatic carbocycles. The van der Waals surface area contributed by atoms with Crippen LogP contribution in [-0.2, 0) is 0 Å². The minimum absolute atomic E-state index is 0.410. The topological polar surface area (TPSA) is 39.1 Å². The van der Waals surface area contributed by atoms with E-state index in [0.717, 1.165) is 26.2 Å². The molecule has 1 rings (SSSR count). The Morgan fingerprint density at radius 2 is 2.46 bits per heavy atom. The van der Waals surface area contributed by atoms with Crippen LogP contribution in [0.15, 0.2) is 0 Å². The average molecular weight is 181 g/mol. The first-order chi connectivity index (χ1) is 6.24. The van der Waals surface area contributed by atoms with Crippen LogP contribution in [0.4, 0.5) is 0 Å². The van der Waals surface area contributed by atoms with E-state index >= 15 is 0 Å². The summed E-state index contributed by atoms with van der Waals surface area (Å²) in [6.45, 7) is 8.75. The zero-order valence-electron chi connectivity index (χ0n) is 8.58. The summed E-state index contributed by atoms with van der Waals surface area (Å²) in [5.41, 5.74) is 0. The molecule has 0 spiro atoms. The summed E-state index contributed by atoms with van der Waals surface area (Å²) in [6, 6.07) is 2.65. The SMILES string of the molecule is CC1CNCCN(C(C)CC#N)C1. The summed E-state index contributed by atoms with van der Waals surface area (Å²) in [5, 5.41) is 12.0. The van der Waals surface area contributed by atoms with E-state index in [1.54, 1.807) is 0 Å². The molecule has 1 N–H and O–H groups in total. The van der Waals surface area contributed by atoms with E-state index in [1.165, 1.54) is 0 Å². The fourth-order valence-electron chi connectivity index (χ4n) is 1.79. The van der Waals surface area contributed by atoms with Crippen LogP contribution < -0.4 is 5.32 Å². The molecule has 1 fully saturated rings. The molecule has 2 unspecified atom stereocenters. The van der Waals surface area contributed by atoms with Gasteiger partial charge >= 0.3 is 0 Å². The highest BCUT2D eigenvalue weighted by atomic mass is 15.2. The lowest BCUT2D eigenvalue weighted by atomic mass is 10.1. The van der Waals surface area contributed by atoms with E-state index in [-0.39, 0.29) is 0 Å². The molecule has 0 aromatic rings. The monoisotopic (exact) mass is 181 g/mol. The number of hydrogen-bond acceptors (Lipinski definition) is 3. The van der Waals surface area contributed by atoms with E-state index in [1.807, 2.05) is 0 Å². The van der Waals surface area contributed by atoms with Gasteiger partial charge in [-0.05, 0) is 19.4 Å². The second-order valence-electron chi connectivity index (χ2n) is 4.02. The Morgan fingerprint density at radius 1 is 1.69 bits per heavy atom. The lowest BCUT2D eigenvalue weighted by Crippen LogP contribution is -2.37. The van der Waals surface area contributed by atoms with Gasteiger partial charge in [-0.3, -0.25) is 4.90 Å². The van der Waals surface area contributed by atoms with Crippen molar-refractivity contribution in [2.75, 3.05) is 26.2 Å². The van der Waals surface area contributed by atoms with Crippen molar-refractivity contribution in [1.29, 1.82) is 5.26 Å². The molecule has 0 aliphatic carbocycles. The standard InChI is InChI=1S/C10H19N3/c1-9-7-12-5-6-13(8-9)10(2)3-4-11/h9-10,12H,3,5-8H2,1-2H3. The van der Waals surface area contributed by atoms with Crippen molar-refractivity contribution in [2.45, 2.75) is 26.3 Å². The highest BCUT2D eigenvalue weighted by Gasteiger charge is 2.18. The van der Waals surface area contributed by atoms with Crippen molar-refractivity contribution in [1.82, 2.24) is 10.2 Å². The summed E-state index contributed by atoms with van der Waals surface area (Å²) in [4.78, 5) is 2.41. The lowest BCUT2D eigenvalue weighted by Gasteiger charge is -2.27. The third-order valence-corrected chi connectivity index (χ3v) is 2.62. The highest BCUT2D eigenvalue weighted by molar-refractivity contribution is 4.82. The Hall–Kier alpha value is -0.590. The summed E-state index contributed by atoms with van der Waals surface area (Å²) in [7, 11) is 0. The smallest absolute Gasteiger partial charge is 0.0638 e. The largest absolute Gasteiger partial charge is 0.315 e. The van der Waals surface area contributed by atoms with Crippen LogP contribution in [0.5, 0.6) is 0 Å². The average Bonchev–Trinajstić information content (AvgIpc) is 2.30. The van der Waals surface area contributed by atoms with Gasteiger partial charge in [0.15, 0.2) is 0 Å². The van der Waals surface area contributed by atoms with Gasteiger partial charge in [0.2, 0.25) is 0 Å².